The summed E-state index contributed by atoms with van der Waals surface area (Å²) < 4.78 is 27.6. The van der Waals surface area contributed by atoms with Gasteiger partial charge in [0.05, 0.1) is 4.90 Å². The molecule has 5 N–H and O–H groups in total. The summed E-state index contributed by atoms with van der Waals surface area (Å²) in [5, 5.41) is 19.4. The van der Waals surface area contributed by atoms with Gasteiger partial charge in [-0.05, 0) is 61.2 Å². The molecule has 10 nitrogen and oxygen atoms in total. The van der Waals surface area contributed by atoms with E-state index in [1.165, 1.54) is 12.1 Å². The van der Waals surface area contributed by atoms with Gasteiger partial charge in [0.15, 0.2) is 0 Å². The number of piperidine rings is 1. The van der Waals surface area contributed by atoms with Crippen LogP contribution in [0.1, 0.15) is 32.1 Å². The Labute approximate surface area is 204 Å². The van der Waals surface area contributed by atoms with Gasteiger partial charge in [-0.2, -0.15) is 4.72 Å². The van der Waals surface area contributed by atoms with Crippen LogP contribution in [-0.4, -0.2) is 63.5 Å². The topological polar surface area (TPSA) is 154 Å². The molecule has 2 aromatic carbocycles. The Hall–Kier alpha value is -3.02. The Balaban J connectivity index is 1.43. The Morgan fingerprint density at radius 2 is 1.66 bits per heavy atom. The van der Waals surface area contributed by atoms with E-state index in [1.54, 1.807) is 18.2 Å². The maximum Gasteiger partial charge on any atom is 0.323 e. The van der Waals surface area contributed by atoms with Crippen molar-refractivity contribution < 1.29 is 27.9 Å². The summed E-state index contributed by atoms with van der Waals surface area (Å²) in [6, 6.07) is 10.2. The zero-order valence-corrected chi connectivity index (χ0v) is 20.3. The lowest BCUT2D eigenvalue weighted by atomic mass is 9.93. The SMILES string of the molecule is O=C(CCC1CCNCC1)NCCC(=O)NC[C@H](NS(=O)(=O)c1ccc2ccccc2c1)C(=O)O. The summed E-state index contributed by atoms with van der Waals surface area (Å²) in [4.78, 5) is 35.6. The van der Waals surface area contributed by atoms with Crippen molar-refractivity contribution in [3.8, 4) is 0 Å². The van der Waals surface area contributed by atoms with Gasteiger partial charge in [0.2, 0.25) is 21.8 Å². The maximum atomic E-state index is 12.7. The lowest BCUT2D eigenvalue weighted by Crippen LogP contribution is -2.48. The Morgan fingerprint density at radius 1 is 0.971 bits per heavy atom. The van der Waals surface area contributed by atoms with Crippen LogP contribution in [0.15, 0.2) is 47.4 Å². The Kier molecular flexibility index (Phi) is 9.58. The van der Waals surface area contributed by atoms with Gasteiger partial charge in [-0.15, -0.1) is 0 Å². The molecule has 0 bridgehead atoms. The first-order valence-electron chi connectivity index (χ1n) is 11.7. The molecule has 1 fully saturated rings. The minimum atomic E-state index is -4.13. The van der Waals surface area contributed by atoms with Crippen LogP contribution in [0.25, 0.3) is 10.8 Å². The summed E-state index contributed by atoms with van der Waals surface area (Å²) in [5.41, 5.74) is 0. The van der Waals surface area contributed by atoms with Gasteiger partial charge in [-0.25, -0.2) is 8.42 Å². The molecule has 35 heavy (non-hydrogen) atoms. The van der Waals surface area contributed by atoms with Gasteiger partial charge in [0, 0.05) is 25.9 Å². The fraction of sp³-hybridized carbons (Fsp3) is 0.458. The first-order valence-corrected chi connectivity index (χ1v) is 13.2. The van der Waals surface area contributed by atoms with E-state index in [9.17, 15) is 27.9 Å². The number of rotatable bonds is 12. The van der Waals surface area contributed by atoms with Gasteiger partial charge < -0.3 is 21.1 Å². The van der Waals surface area contributed by atoms with Crippen LogP contribution in [-0.2, 0) is 24.4 Å². The van der Waals surface area contributed by atoms with Crippen molar-refractivity contribution in [3.63, 3.8) is 0 Å². The smallest absolute Gasteiger partial charge is 0.323 e. The maximum absolute atomic E-state index is 12.7. The molecule has 1 aliphatic heterocycles. The molecule has 0 saturated carbocycles. The number of nitrogens with one attached hydrogen (secondary N) is 4. The number of carbonyl (C=O) groups excluding carboxylic acids is 2. The highest BCUT2D eigenvalue weighted by Crippen LogP contribution is 2.19. The number of hydrogen-bond acceptors (Lipinski definition) is 6. The Morgan fingerprint density at radius 3 is 2.37 bits per heavy atom. The molecule has 2 amide bonds. The van der Waals surface area contributed by atoms with Crippen LogP contribution < -0.4 is 20.7 Å². The van der Waals surface area contributed by atoms with Gasteiger partial charge in [-0.3, -0.25) is 14.4 Å². The van der Waals surface area contributed by atoms with E-state index in [2.05, 4.69) is 20.7 Å². The third-order valence-electron chi connectivity index (χ3n) is 6.04. The molecular weight excluding hydrogens is 472 g/mol. The van der Waals surface area contributed by atoms with Crippen LogP contribution >= 0.6 is 0 Å². The summed E-state index contributed by atoms with van der Waals surface area (Å²) in [5.74, 6) is -1.49. The molecule has 1 saturated heterocycles. The van der Waals surface area contributed by atoms with Crippen LogP contribution in [0.3, 0.4) is 0 Å². The Bertz CT molecular complexity index is 1150. The van der Waals surface area contributed by atoms with Crippen molar-refractivity contribution in [1.29, 1.82) is 0 Å². The fourth-order valence-corrected chi connectivity index (χ4v) is 5.21. The van der Waals surface area contributed by atoms with E-state index in [4.69, 9.17) is 0 Å². The molecular formula is C24H32N4O6S. The number of aliphatic carboxylic acids is 1. The normalized spacial score (nSPS) is 15.4. The molecule has 0 aromatic heterocycles. The molecule has 0 spiro atoms. The lowest BCUT2D eigenvalue weighted by molar-refractivity contribution is -0.138. The molecule has 0 unspecified atom stereocenters. The lowest BCUT2D eigenvalue weighted by Gasteiger charge is -2.22. The second-order valence-corrected chi connectivity index (χ2v) is 10.4. The monoisotopic (exact) mass is 504 g/mol. The number of carbonyl (C=O) groups is 3. The summed E-state index contributed by atoms with van der Waals surface area (Å²) in [6.45, 7) is 1.65. The second-order valence-electron chi connectivity index (χ2n) is 8.66. The predicted octanol–water partition coefficient (Wildman–Crippen LogP) is 0.974. The van der Waals surface area contributed by atoms with Crippen molar-refractivity contribution in [2.75, 3.05) is 26.2 Å². The van der Waals surface area contributed by atoms with E-state index in [-0.39, 0.29) is 23.8 Å². The first kappa shape index (κ1) is 26.6. The third kappa shape index (κ3) is 8.30. The van der Waals surface area contributed by atoms with Crippen LogP contribution in [0, 0.1) is 5.92 Å². The molecule has 190 valence electrons. The standard InChI is InChI=1S/C24H32N4O6S/c29-22(8-5-17-9-12-25-13-10-17)26-14-11-23(30)27-16-21(24(31)32)28-35(33,34)20-7-6-18-3-1-2-4-19(18)15-20/h1-4,6-7,15,17,21,25,28H,5,8-14,16H2,(H,26,29)(H,27,30)(H,31,32)/t21-/m0/s1. The summed E-state index contributed by atoms with van der Waals surface area (Å²) in [6.07, 6.45) is 3.31. The van der Waals surface area contributed by atoms with E-state index in [0.29, 0.717) is 17.7 Å². The predicted molar refractivity (Wildman–Crippen MR) is 131 cm³/mol. The van der Waals surface area contributed by atoms with E-state index in [0.717, 1.165) is 37.7 Å². The largest absolute Gasteiger partial charge is 0.480 e. The average Bonchev–Trinajstić information content (AvgIpc) is 2.85. The van der Waals surface area contributed by atoms with Crippen molar-refractivity contribution >= 4 is 38.6 Å². The number of benzene rings is 2. The number of amides is 2. The van der Waals surface area contributed by atoms with Crippen molar-refractivity contribution in [1.82, 2.24) is 20.7 Å². The van der Waals surface area contributed by atoms with E-state index in [1.807, 2.05) is 12.1 Å². The molecule has 1 heterocycles. The fourth-order valence-electron chi connectivity index (χ4n) is 3.98. The molecule has 2 aromatic rings. The minimum Gasteiger partial charge on any atom is -0.480 e. The average molecular weight is 505 g/mol. The number of hydrogen-bond donors (Lipinski definition) is 5. The third-order valence-corrected chi connectivity index (χ3v) is 7.51. The molecule has 0 radical (unpaired) electrons. The van der Waals surface area contributed by atoms with Crippen LogP contribution in [0.2, 0.25) is 0 Å². The number of carboxylic acids is 1. The molecule has 3 rings (SSSR count). The van der Waals surface area contributed by atoms with Crippen molar-refractivity contribution in [2.24, 2.45) is 5.92 Å². The summed E-state index contributed by atoms with van der Waals surface area (Å²) >= 11 is 0. The number of fused-ring (bicyclic) bond motifs is 1. The highest BCUT2D eigenvalue weighted by molar-refractivity contribution is 7.89. The van der Waals surface area contributed by atoms with Gasteiger partial charge in [0.1, 0.15) is 6.04 Å². The van der Waals surface area contributed by atoms with Crippen molar-refractivity contribution in [3.05, 3.63) is 42.5 Å². The van der Waals surface area contributed by atoms with E-state index >= 15 is 0 Å². The van der Waals surface area contributed by atoms with Gasteiger partial charge >= 0.3 is 5.97 Å². The molecule has 1 aliphatic rings. The molecule has 0 aliphatic carbocycles. The van der Waals surface area contributed by atoms with E-state index < -0.39 is 34.5 Å². The highest BCUT2D eigenvalue weighted by Gasteiger charge is 2.26. The quantitative estimate of drug-likeness (QED) is 0.289. The summed E-state index contributed by atoms with van der Waals surface area (Å²) in [7, 11) is -4.13. The zero-order valence-electron chi connectivity index (χ0n) is 19.5. The second kappa shape index (κ2) is 12.6. The van der Waals surface area contributed by atoms with Gasteiger partial charge in [-0.1, -0.05) is 30.3 Å². The number of carboxylic acid groups (broad SMARTS) is 1. The molecule has 1 atom stereocenters. The highest BCUT2D eigenvalue weighted by atomic mass is 32.2. The van der Waals surface area contributed by atoms with Crippen LogP contribution in [0.4, 0.5) is 0 Å². The van der Waals surface area contributed by atoms with Gasteiger partial charge in [0.25, 0.3) is 0 Å². The minimum absolute atomic E-state index is 0.0388. The molecule has 11 heteroatoms. The number of sulfonamides is 1. The zero-order chi connectivity index (χ0) is 25.3. The van der Waals surface area contributed by atoms with Crippen molar-refractivity contribution in [2.45, 2.75) is 43.0 Å². The van der Waals surface area contributed by atoms with Crippen LogP contribution in [0.5, 0.6) is 0 Å². The first-order chi connectivity index (χ1) is 16.7.